The molecule has 1 saturated carbocycles. The molecule has 1 aliphatic rings. The van der Waals surface area contributed by atoms with Crippen LogP contribution >= 0.6 is 11.6 Å². The second-order valence-corrected chi connectivity index (χ2v) is 4.15. The van der Waals surface area contributed by atoms with Gasteiger partial charge in [0.15, 0.2) is 0 Å². The molecule has 2 nitrogen and oxygen atoms in total. The Bertz CT molecular complexity index is 283. The Morgan fingerprint density at radius 3 is 2.92 bits per heavy atom. The fourth-order valence-corrected chi connectivity index (χ4v) is 1.51. The minimum atomic E-state index is 0.685. The molecule has 13 heavy (non-hydrogen) atoms. The van der Waals surface area contributed by atoms with E-state index in [4.69, 9.17) is 11.6 Å². The number of hydrogen-bond acceptors (Lipinski definition) is 2. The van der Waals surface area contributed by atoms with Crippen LogP contribution in [0.25, 0.3) is 0 Å². The predicted molar refractivity (Wildman–Crippen MR) is 55.0 cm³/mol. The zero-order valence-corrected chi connectivity index (χ0v) is 8.38. The van der Waals surface area contributed by atoms with Crippen molar-refractivity contribution >= 4 is 17.4 Å². The Labute approximate surface area is 83.3 Å². The zero-order valence-electron chi connectivity index (χ0n) is 7.63. The summed E-state index contributed by atoms with van der Waals surface area (Å²) in [5, 5.41) is 3.98. The number of aromatic nitrogens is 1. The van der Waals surface area contributed by atoms with Crippen molar-refractivity contribution in [1.29, 1.82) is 0 Å². The number of nitrogens with one attached hydrogen (secondary N) is 1. The summed E-state index contributed by atoms with van der Waals surface area (Å²) in [5.41, 5.74) is 0. The first-order valence-electron chi connectivity index (χ1n) is 4.61. The SMILES string of the molecule is C[C@@H]1CC1CNc1ccc(Cl)cn1. The molecule has 2 rings (SSSR count). The van der Waals surface area contributed by atoms with Crippen molar-refractivity contribution in [3.63, 3.8) is 0 Å². The third-order valence-corrected chi connectivity index (χ3v) is 2.77. The first kappa shape index (κ1) is 8.82. The molecule has 0 saturated heterocycles. The summed E-state index contributed by atoms with van der Waals surface area (Å²) in [6, 6.07) is 3.77. The van der Waals surface area contributed by atoms with Crippen LogP contribution in [0.3, 0.4) is 0 Å². The third kappa shape index (κ3) is 2.34. The minimum Gasteiger partial charge on any atom is -0.370 e. The molecular formula is C10H13ClN2. The summed E-state index contributed by atoms with van der Waals surface area (Å²) >= 11 is 5.72. The second-order valence-electron chi connectivity index (χ2n) is 3.72. The van der Waals surface area contributed by atoms with Gasteiger partial charge in [0.2, 0.25) is 0 Å². The largest absolute Gasteiger partial charge is 0.370 e. The van der Waals surface area contributed by atoms with Gasteiger partial charge < -0.3 is 5.32 Å². The lowest BCUT2D eigenvalue weighted by Crippen LogP contribution is -2.05. The minimum absolute atomic E-state index is 0.685. The molecule has 1 aromatic rings. The van der Waals surface area contributed by atoms with E-state index in [9.17, 15) is 0 Å². The fourth-order valence-electron chi connectivity index (χ4n) is 1.40. The molecule has 1 aliphatic carbocycles. The van der Waals surface area contributed by atoms with Gasteiger partial charge in [-0.25, -0.2) is 4.98 Å². The highest BCUT2D eigenvalue weighted by atomic mass is 35.5. The van der Waals surface area contributed by atoms with Crippen LogP contribution in [-0.2, 0) is 0 Å². The summed E-state index contributed by atoms with van der Waals surface area (Å²) in [4.78, 5) is 4.16. The lowest BCUT2D eigenvalue weighted by Gasteiger charge is -2.03. The maximum absolute atomic E-state index is 5.72. The van der Waals surface area contributed by atoms with Crippen LogP contribution in [0, 0.1) is 11.8 Å². The molecule has 3 heteroatoms. The summed E-state index contributed by atoms with van der Waals surface area (Å²) in [5.74, 6) is 2.65. The molecule has 1 heterocycles. The van der Waals surface area contributed by atoms with E-state index in [1.54, 1.807) is 6.20 Å². The van der Waals surface area contributed by atoms with Crippen molar-refractivity contribution in [2.24, 2.45) is 11.8 Å². The Balaban J connectivity index is 1.84. The number of hydrogen-bond donors (Lipinski definition) is 1. The first-order chi connectivity index (χ1) is 6.25. The Kier molecular flexibility index (Phi) is 2.40. The lowest BCUT2D eigenvalue weighted by molar-refractivity contribution is 0.784. The molecule has 0 aliphatic heterocycles. The van der Waals surface area contributed by atoms with Crippen molar-refractivity contribution in [2.75, 3.05) is 11.9 Å². The average molecular weight is 197 g/mol. The number of halogens is 1. The highest BCUT2D eigenvalue weighted by Gasteiger charge is 2.31. The molecule has 1 unspecified atom stereocenters. The molecule has 1 aromatic heterocycles. The van der Waals surface area contributed by atoms with Crippen LogP contribution in [0.4, 0.5) is 5.82 Å². The number of pyridine rings is 1. The number of nitrogens with zero attached hydrogens (tertiary/aromatic N) is 1. The van der Waals surface area contributed by atoms with Gasteiger partial charge in [-0.2, -0.15) is 0 Å². The lowest BCUT2D eigenvalue weighted by atomic mass is 10.3. The van der Waals surface area contributed by atoms with Gasteiger partial charge in [-0.05, 0) is 30.4 Å². The maximum atomic E-state index is 5.72. The summed E-state index contributed by atoms with van der Waals surface area (Å²) in [6.45, 7) is 3.32. The molecular weight excluding hydrogens is 184 g/mol. The summed E-state index contributed by atoms with van der Waals surface area (Å²) in [7, 11) is 0. The van der Waals surface area contributed by atoms with Crippen molar-refractivity contribution in [3.8, 4) is 0 Å². The van der Waals surface area contributed by atoms with Gasteiger partial charge in [-0.3, -0.25) is 0 Å². The topological polar surface area (TPSA) is 24.9 Å². The summed E-state index contributed by atoms with van der Waals surface area (Å²) < 4.78 is 0. The molecule has 1 N–H and O–H groups in total. The fraction of sp³-hybridized carbons (Fsp3) is 0.500. The van der Waals surface area contributed by atoms with E-state index in [0.29, 0.717) is 5.02 Å². The standard InChI is InChI=1S/C10H13ClN2/c1-7-4-8(7)5-12-10-3-2-9(11)6-13-10/h2-3,6-8H,4-5H2,1H3,(H,12,13)/t7-,8?/m1/s1. The van der Waals surface area contributed by atoms with Crippen molar-refractivity contribution in [1.82, 2.24) is 4.98 Å². The number of anilines is 1. The van der Waals surface area contributed by atoms with E-state index in [-0.39, 0.29) is 0 Å². The van der Waals surface area contributed by atoms with E-state index >= 15 is 0 Å². The molecule has 0 amide bonds. The molecule has 0 radical (unpaired) electrons. The Morgan fingerprint density at radius 1 is 1.62 bits per heavy atom. The third-order valence-electron chi connectivity index (χ3n) is 2.55. The number of rotatable bonds is 3. The van der Waals surface area contributed by atoms with Gasteiger partial charge in [-0.15, -0.1) is 0 Å². The molecule has 0 bridgehead atoms. The van der Waals surface area contributed by atoms with Gasteiger partial charge in [0, 0.05) is 12.7 Å². The van der Waals surface area contributed by atoms with Gasteiger partial charge in [0.1, 0.15) is 5.82 Å². The Hall–Kier alpha value is -0.760. The smallest absolute Gasteiger partial charge is 0.125 e. The van der Waals surface area contributed by atoms with Crippen LogP contribution in [0.1, 0.15) is 13.3 Å². The highest BCUT2D eigenvalue weighted by Crippen LogP contribution is 2.37. The molecule has 2 atom stereocenters. The quantitative estimate of drug-likeness (QED) is 0.804. The van der Waals surface area contributed by atoms with Crippen LogP contribution < -0.4 is 5.32 Å². The van der Waals surface area contributed by atoms with Gasteiger partial charge in [0.05, 0.1) is 5.02 Å². The van der Waals surface area contributed by atoms with Crippen molar-refractivity contribution < 1.29 is 0 Å². The highest BCUT2D eigenvalue weighted by molar-refractivity contribution is 6.30. The molecule has 70 valence electrons. The second kappa shape index (κ2) is 3.54. The first-order valence-corrected chi connectivity index (χ1v) is 4.99. The molecule has 0 spiro atoms. The van der Waals surface area contributed by atoms with Gasteiger partial charge in [0.25, 0.3) is 0 Å². The normalized spacial score (nSPS) is 25.7. The van der Waals surface area contributed by atoms with E-state index < -0.39 is 0 Å². The molecule has 1 fully saturated rings. The van der Waals surface area contributed by atoms with E-state index in [1.807, 2.05) is 12.1 Å². The van der Waals surface area contributed by atoms with Gasteiger partial charge >= 0.3 is 0 Å². The van der Waals surface area contributed by atoms with Crippen molar-refractivity contribution in [3.05, 3.63) is 23.4 Å². The van der Waals surface area contributed by atoms with E-state index in [1.165, 1.54) is 6.42 Å². The van der Waals surface area contributed by atoms with Crippen LogP contribution in [0.2, 0.25) is 5.02 Å². The molecule has 0 aromatic carbocycles. The Morgan fingerprint density at radius 2 is 2.38 bits per heavy atom. The summed E-state index contributed by atoms with van der Waals surface area (Å²) in [6.07, 6.45) is 3.01. The van der Waals surface area contributed by atoms with Crippen LogP contribution in [-0.4, -0.2) is 11.5 Å². The predicted octanol–water partition coefficient (Wildman–Crippen LogP) is 2.80. The van der Waals surface area contributed by atoms with Crippen LogP contribution in [0.15, 0.2) is 18.3 Å². The average Bonchev–Trinajstić information content (AvgIpc) is 2.81. The van der Waals surface area contributed by atoms with Gasteiger partial charge in [-0.1, -0.05) is 18.5 Å². The monoisotopic (exact) mass is 196 g/mol. The van der Waals surface area contributed by atoms with Crippen LogP contribution in [0.5, 0.6) is 0 Å². The zero-order chi connectivity index (χ0) is 9.26. The van der Waals surface area contributed by atoms with E-state index in [0.717, 1.165) is 24.2 Å². The van der Waals surface area contributed by atoms with Crippen molar-refractivity contribution in [2.45, 2.75) is 13.3 Å². The maximum Gasteiger partial charge on any atom is 0.125 e. The van der Waals surface area contributed by atoms with E-state index in [2.05, 4.69) is 17.2 Å².